The number of ether oxygens (including phenoxy) is 1. The van der Waals surface area contributed by atoms with Gasteiger partial charge in [-0.25, -0.2) is 0 Å². The molecular formula is C14H19NO. The smallest absolute Gasteiger partial charge is 0.122 e. The molecule has 1 aromatic carbocycles. The molecule has 1 aromatic rings. The van der Waals surface area contributed by atoms with E-state index in [2.05, 4.69) is 18.2 Å². The molecule has 2 unspecified atom stereocenters. The maximum absolute atomic E-state index is 6.35. The molecule has 1 aliphatic carbocycles. The van der Waals surface area contributed by atoms with Crippen LogP contribution in [0.1, 0.15) is 37.2 Å². The molecule has 2 atom stereocenters. The van der Waals surface area contributed by atoms with Crippen molar-refractivity contribution in [1.29, 1.82) is 0 Å². The van der Waals surface area contributed by atoms with Crippen molar-refractivity contribution in [3.8, 4) is 5.75 Å². The fourth-order valence-electron chi connectivity index (χ4n) is 2.72. The zero-order valence-corrected chi connectivity index (χ0v) is 9.56. The summed E-state index contributed by atoms with van der Waals surface area (Å²) in [7, 11) is 0. The second-order valence-corrected chi connectivity index (χ2v) is 5.12. The largest absolute Gasteiger partial charge is 0.493 e. The lowest BCUT2D eigenvalue weighted by Crippen LogP contribution is -2.32. The highest BCUT2D eigenvalue weighted by molar-refractivity contribution is 5.38. The Hall–Kier alpha value is -1.02. The van der Waals surface area contributed by atoms with E-state index in [4.69, 9.17) is 10.5 Å². The fraction of sp³-hybridized carbons (Fsp3) is 0.571. The van der Waals surface area contributed by atoms with Gasteiger partial charge >= 0.3 is 0 Å². The molecule has 0 saturated heterocycles. The molecule has 2 heteroatoms. The van der Waals surface area contributed by atoms with E-state index in [1.54, 1.807) is 0 Å². The third kappa shape index (κ3) is 1.94. The molecular weight excluding hydrogens is 198 g/mol. The van der Waals surface area contributed by atoms with Crippen LogP contribution in [0.2, 0.25) is 0 Å². The highest BCUT2D eigenvalue weighted by Crippen LogP contribution is 2.40. The monoisotopic (exact) mass is 217 g/mol. The molecule has 0 spiro atoms. The summed E-state index contributed by atoms with van der Waals surface area (Å²) in [5.74, 6) is 2.46. The number of hydrogen-bond acceptors (Lipinski definition) is 2. The highest BCUT2D eigenvalue weighted by atomic mass is 16.5. The minimum Gasteiger partial charge on any atom is -0.493 e. The Balaban J connectivity index is 1.80. The molecule has 0 aromatic heterocycles. The maximum atomic E-state index is 6.35. The van der Waals surface area contributed by atoms with Gasteiger partial charge in [0.15, 0.2) is 0 Å². The van der Waals surface area contributed by atoms with Crippen LogP contribution in [-0.2, 0) is 0 Å². The average Bonchev–Trinajstić information content (AvgIpc) is 3.12. The first-order valence-corrected chi connectivity index (χ1v) is 6.32. The zero-order chi connectivity index (χ0) is 11.0. The van der Waals surface area contributed by atoms with Gasteiger partial charge in [-0.05, 0) is 30.4 Å². The Morgan fingerprint density at radius 3 is 2.88 bits per heavy atom. The van der Waals surface area contributed by atoms with E-state index in [1.165, 1.54) is 24.8 Å². The summed E-state index contributed by atoms with van der Waals surface area (Å²) in [6.45, 7) is 0.819. The minimum absolute atomic E-state index is 0.317. The Bertz CT molecular complexity index is 373. The number of rotatable bonds is 3. The van der Waals surface area contributed by atoms with Crippen LogP contribution < -0.4 is 10.5 Å². The van der Waals surface area contributed by atoms with Gasteiger partial charge in [0.1, 0.15) is 5.75 Å². The Morgan fingerprint density at radius 2 is 2.06 bits per heavy atom. The quantitative estimate of drug-likeness (QED) is 0.844. The van der Waals surface area contributed by atoms with Crippen LogP contribution in [0.3, 0.4) is 0 Å². The molecule has 2 N–H and O–H groups in total. The SMILES string of the molecule is NC(CC1CC1)C1CCOc2ccccc21. The lowest BCUT2D eigenvalue weighted by atomic mass is 9.85. The molecule has 1 fully saturated rings. The number of nitrogens with two attached hydrogens (primary N) is 1. The maximum Gasteiger partial charge on any atom is 0.122 e. The summed E-state index contributed by atoms with van der Waals surface area (Å²) in [6.07, 6.45) is 5.04. The Kier molecular flexibility index (Phi) is 2.60. The summed E-state index contributed by atoms with van der Waals surface area (Å²) in [6, 6.07) is 8.67. The number of hydrogen-bond donors (Lipinski definition) is 1. The third-order valence-electron chi connectivity index (χ3n) is 3.82. The normalized spacial score (nSPS) is 25.7. The minimum atomic E-state index is 0.317. The van der Waals surface area contributed by atoms with E-state index in [9.17, 15) is 0 Å². The Morgan fingerprint density at radius 1 is 1.25 bits per heavy atom. The molecule has 3 rings (SSSR count). The van der Waals surface area contributed by atoms with Crippen LogP contribution in [0.4, 0.5) is 0 Å². The van der Waals surface area contributed by atoms with E-state index >= 15 is 0 Å². The standard InChI is InChI=1S/C14H19NO/c15-13(9-10-5-6-10)11-7-8-16-14-4-2-1-3-12(11)14/h1-4,10-11,13H,5-9,15H2. The van der Waals surface area contributed by atoms with Gasteiger partial charge in [-0.15, -0.1) is 0 Å². The van der Waals surface area contributed by atoms with Crippen LogP contribution >= 0.6 is 0 Å². The van der Waals surface area contributed by atoms with E-state index in [0.717, 1.165) is 24.7 Å². The number of benzene rings is 1. The molecule has 0 radical (unpaired) electrons. The van der Waals surface area contributed by atoms with Gasteiger partial charge < -0.3 is 10.5 Å². The molecule has 0 amide bonds. The molecule has 16 heavy (non-hydrogen) atoms. The van der Waals surface area contributed by atoms with E-state index in [1.807, 2.05) is 6.07 Å². The lowest BCUT2D eigenvalue weighted by molar-refractivity contribution is 0.251. The number of para-hydroxylation sites is 1. The van der Waals surface area contributed by atoms with Crippen LogP contribution in [0, 0.1) is 5.92 Å². The van der Waals surface area contributed by atoms with Crippen molar-refractivity contribution in [2.45, 2.75) is 37.6 Å². The summed E-state index contributed by atoms with van der Waals surface area (Å²) < 4.78 is 5.67. The molecule has 86 valence electrons. The van der Waals surface area contributed by atoms with Crippen molar-refractivity contribution in [3.05, 3.63) is 29.8 Å². The highest BCUT2D eigenvalue weighted by Gasteiger charge is 2.31. The predicted octanol–water partition coefficient (Wildman–Crippen LogP) is 2.68. The van der Waals surface area contributed by atoms with Crippen LogP contribution in [-0.4, -0.2) is 12.6 Å². The molecule has 2 nitrogen and oxygen atoms in total. The van der Waals surface area contributed by atoms with Gasteiger partial charge in [0.05, 0.1) is 6.61 Å². The predicted molar refractivity (Wildman–Crippen MR) is 64.6 cm³/mol. The summed E-state index contributed by atoms with van der Waals surface area (Å²) >= 11 is 0. The molecule has 1 aliphatic heterocycles. The van der Waals surface area contributed by atoms with Gasteiger partial charge in [0.25, 0.3) is 0 Å². The van der Waals surface area contributed by atoms with Crippen LogP contribution in [0.25, 0.3) is 0 Å². The Labute approximate surface area is 96.8 Å². The van der Waals surface area contributed by atoms with Crippen molar-refractivity contribution >= 4 is 0 Å². The third-order valence-corrected chi connectivity index (χ3v) is 3.82. The molecule has 1 saturated carbocycles. The summed E-state index contributed by atoms with van der Waals surface area (Å²) in [5.41, 5.74) is 7.67. The summed E-state index contributed by atoms with van der Waals surface area (Å²) in [5, 5.41) is 0. The van der Waals surface area contributed by atoms with Crippen LogP contribution in [0.5, 0.6) is 5.75 Å². The average molecular weight is 217 g/mol. The van der Waals surface area contributed by atoms with E-state index in [0.29, 0.717) is 12.0 Å². The van der Waals surface area contributed by atoms with E-state index in [-0.39, 0.29) is 0 Å². The first-order chi connectivity index (χ1) is 7.84. The number of fused-ring (bicyclic) bond motifs is 1. The summed E-state index contributed by atoms with van der Waals surface area (Å²) in [4.78, 5) is 0. The van der Waals surface area contributed by atoms with E-state index < -0.39 is 0 Å². The topological polar surface area (TPSA) is 35.2 Å². The van der Waals surface area contributed by atoms with Crippen molar-refractivity contribution in [1.82, 2.24) is 0 Å². The van der Waals surface area contributed by atoms with Gasteiger partial charge in [0.2, 0.25) is 0 Å². The lowest BCUT2D eigenvalue weighted by Gasteiger charge is -2.30. The van der Waals surface area contributed by atoms with Gasteiger partial charge in [-0.1, -0.05) is 31.0 Å². The van der Waals surface area contributed by atoms with Crippen molar-refractivity contribution in [2.24, 2.45) is 11.7 Å². The van der Waals surface area contributed by atoms with Gasteiger partial charge in [-0.3, -0.25) is 0 Å². The second kappa shape index (κ2) is 4.10. The van der Waals surface area contributed by atoms with Crippen LogP contribution in [0.15, 0.2) is 24.3 Å². The van der Waals surface area contributed by atoms with Gasteiger partial charge in [-0.2, -0.15) is 0 Å². The molecule has 1 heterocycles. The zero-order valence-electron chi connectivity index (χ0n) is 9.56. The first kappa shape index (κ1) is 10.2. The van der Waals surface area contributed by atoms with Crippen molar-refractivity contribution in [2.75, 3.05) is 6.61 Å². The first-order valence-electron chi connectivity index (χ1n) is 6.32. The van der Waals surface area contributed by atoms with Gasteiger partial charge in [0, 0.05) is 12.0 Å². The molecule has 0 bridgehead atoms. The fourth-order valence-corrected chi connectivity index (χ4v) is 2.72. The second-order valence-electron chi connectivity index (χ2n) is 5.12. The van der Waals surface area contributed by atoms with Crippen molar-refractivity contribution in [3.63, 3.8) is 0 Å². The van der Waals surface area contributed by atoms with Crippen molar-refractivity contribution < 1.29 is 4.74 Å². The molecule has 2 aliphatic rings.